The van der Waals surface area contributed by atoms with E-state index in [1.54, 1.807) is 18.1 Å². The number of carbonyl (C=O) groups is 2. The summed E-state index contributed by atoms with van der Waals surface area (Å²) >= 11 is 0. The summed E-state index contributed by atoms with van der Waals surface area (Å²) in [4.78, 5) is 25.1. The zero-order valence-corrected chi connectivity index (χ0v) is 11.7. The average Bonchev–Trinajstić information content (AvgIpc) is 3.03. The Morgan fingerprint density at radius 3 is 2.90 bits per heavy atom. The number of ether oxygens (including phenoxy) is 1. The predicted octanol–water partition coefficient (Wildman–Crippen LogP) is 1.55. The van der Waals surface area contributed by atoms with Crippen LogP contribution in [-0.4, -0.2) is 47.7 Å². The first-order valence-corrected chi connectivity index (χ1v) is 6.68. The van der Waals surface area contributed by atoms with Crippen molar-refractivity contribution in [3.8, 4) is 0 Å². The van der Waals surface area contributed by atoms with E-state index >= 15 is 0 Å². The SMILES string of the molecule is CCc1occc1C(=O)N1C[C@H](OC)C[C@@H]1CC(=O)O. The standard InChI is InChI=1S/C14H19NO5/c1-3-12-11(4-5-20-12)14(18)15-8-10(19-2)6-9(15)7-13(16)17/h4-5,9-10H,3,6-8H2,1-2H3,(H,16,17)/t9-,10-/m1/s1. The maximum atomic E-state index is 12.6. The van der Waals surface area contributed by atoms with E-state index in [-0.39, 0.29) is 24.5 Å². The van der Waals surface area contributed by atoms with Gasteiger partial charge in [-0.25, -0.2) is 0 Å². The number of likely N-dealkylation sites (tertiary alicyclic amines) is 1. The quantitative estimate of drug-likeness (QED) is 0.885. The fraction of sp³-hybridized carbons (Fsp3) is 0.571. The number of aliphatic carboxylic acids is 1. The molecule has 0 aliphatic carbocycles. The molecule has 2 heterocycles. The first-order chi connectivity index (χ1) is 9.56. The summed E-state index contributed by atoms with van der Waals surface area (Å²) in [6.07, 6.45) is 2.49. The van der Waals surface area contributed by atoms with E-state index in [1.165, 1.54) is 6.26 Å². The smallest absolute Gasteiger partial charge is 0.305 e. The number of carbonyl (C=O) groups excluding carboxylic acids is 1. The molecule has 110 valence electrons. The molecule has 1 N–H and O–H groups in total. The molecule has 2 atom stereocenters. The largest absolute Gasteiger partial charge is 0.481 e. The van der Waals surface area contributed by atoms with Crippen molar-refractivity contribution in [1.29, 1.82) is 0 Å². The Hall–Kier alpha value is -1.82. The molecule has 20 heavy (non-hydrogen) atoms. The molecule has 0 aromatic carbocycles. The zero-order chi connectivity index (χ0) is 14.7. The van der Waals surface area contributed by atoms with Crippen LogP contribution in [0.5, 0.6) is 0 Å². The normalized spacial score (nSPS) is 22.2. The minimum atomic E-state index is -0.910. The van der Waals surface area contributed by atoms with Crippen LogP contribution in [0.3, 0.4) is 0 Å². The fourth-order valence-electron chi connectivity index (χ4n) is 2.65. The number of furan rings is 1. The van der Waals surface area contributed by atoms with Gasteiger partial charge in [0.1, 0.15) is 5.76 Å². The molecule has 1 aromatic heterocycles. The summed E-state index contributed by atoms with van der Waals surface area (Å²) in [5, 5.41) is 8.97. The molecule has 0 unspecified atom stereocenters. The molecule has 1 fully saturated rings. The number of hydrogen-bond donors (Lipinski definition) is 1. The molecule has 1 saturated heterocycles. The Labute approximate surface area is 117 Å². The van der Waals surface area contributed by atoms with E-state index in [0.29, 0.717) is 30.7 Å². The van der Waals surface area contributed by atoms with Crippen LogP contribution < -0.4 is 0 Å². The van der Waals surface area contributed by atoms with Gasteiger partial charge < -0.3 is 19.2 Å². The van der Waals surface area contributed by atoms with Crippen LogP contribution in [0.2, 0.25) is 0 Å². The first kappa shape index (κ1) is 14.6. The van der Waals surface area contributed by atoms with Gasteiger partial charge in [0.2, 0.25) is 0 Å². The third-order valence-corrected chi connectivity index (χ3v) is 3.68. The molecule has 0 radical (unpaired) electrons. The van der Waals surface area contributed by atoms with E-state index in [2.05, 4.69) is 0 Å². The van der Waals surface area contributed by atoms with Crippen LogP contribution in [-0.2, 0) is 16.0 Å². The van der Waals surface area contributed by atoms with Gasteiger partial charge in [-0.2, -0.15) is 0 Å². The molecule has 1 aromatic rings. The van der Waals surface area contributed by atoms with Crippen LogP contribution in [0.15, 0.2) is 16.7 Å². The molecule has 1 aliphatic rings. The Bertz CT molecular complexity index is 496. The number of nitrogens with zero attached hydrogens (tertiary/aromatic N) is 1. The predicted molar refractivity (Wildman–Crippen MR) is 70.6 cm³/mol. The fourth-order valence-corrected chi connectivity index (χ4v) is 2.65. The van der Waals surface area contributed by atoms with Crippen molar-refractivity contribution >= 4 is 11.9 Å². The molecule has 1 amide bonds. The highest BCUT2D eigenvalue weighted by Gasteiger charge is 2.37. The second-order valence-corrected chi connectivity index (χ2v) is 4.91. The lowest BCUT2D eigenvalue weighted by molar-refractivity contribution is -0.137. The van der Waals surface area contributed by atoms with Gasteiger partial charge in [-0.1, -0.05) is 6.92 Å². The zero-order valence-electron chi connectivity index (χ0n) is 11.7. The summed E-state index contributed by atoms with van der Waals surface area (Å²) in [6, 6.07) is 1.31. The molecule has 2 rings (SSSR count). The highest BCUT2D eigenvalue weighted by atomic mass is 16.5. The summed E-state index contributed by atoms with van der Waals surface area (Å²) in [7, 11) is 1.58. The summed E-state index contributed by atoms with van der Waals surface area (Å²) < 4.78 is 10.5. The number of methoxy groups -OCH3 is 1. The number of carboxylic acid groups (broad SMARTS) is 1. The van der Waals surface area contributed by atoms with E-state index in [1.807, 2.05) is 6.92 Å². The van der Waals surface area contributed by atoms with Gasteiger partial charge in [-0.3, -0.25) is 9.59 Å². The molecule has 6 heteroatoms. The third-order valence-electron chi connectivity index (χ3n) is 3.68. The summed E-state index contributed by atoms with van der Waals surface area (Å²) in [5.41, 5.74) is 0.514. The second kappa shape index (κ2) is 6.09. The number of aryl methyl sites for hydroxylation is 1. The first-order valence-electron chi connectivity index (χ1n) is 6.68. The van der Waals surface area contributed by atoms with Crippen LogP contribution in [0, 0.1) is 0 Å². The molecule has 0 spiro atoms. The average molecular weight is 281 g/mol. The van der Waals surface area contributed by atoms with Gasteiger partial charge in [-0.15, -0.1) is 0 Å². The van der Waals surface area contributed by atoms with Crippen LogP contribution in [0.25, 0.3) is 0 Å². The maximum absolute atomic E-state index is 12.6. The van der Waals surface area contributed by atoms with Crippen molar-refractivity contribution in [3.05, 3.63) is 23.7 Å². The van der Waals surface area contributed by atoms with E-state index < -0.39 is 5.97 Å². The lowest BCUT2D eigenvalue weighted by atomic mass is 10.1. The molecule has 0 bridgehead atoms. The molecule has 6 nitrogen and oxygen atoms in total. The number of rotatable bonds is 5. The summed E-state index contributed by atoms with van der Waals surface area (Å²) in [6.45, 7) is 2.33. The second-order valence-electron chi connectivity index (χ2n) is 4.91. The monoisotopic (exact) mass is 281 g/mol. The van der Waals surface area contributed by atoms with Crippen molar-refractivity contribution in [1.82, 2.24) is 4.90 Å². The van der Waals surface area contributed by atoms with Gasteiger partial charge >= 0.3 is 5.97 Å². The van der Waals surface area contributed by atoms with Gasteiger partial charge in [0.25, 0.3) is 5.91 Å². The topological polar surface area (TPSA) is 80.0 Å². The van der Waals surface area contributed by atoms with E-state index in [4.69, 9.17) is 14.3 Å². The van der Waals surface area contributed by atoms with Gasteiger partial charge in [0.15, 0.2) is 0 Å². The summed E-state index contributed by atoms with van der Waals surface area (Å²) in [5.74, 6) is -0.459. The van der Waals surface area contributed by atoms with Gasteiger partial charge in [0, 0.05) is 26.1 Å². The van der Waals surface area contributed by atoms with Crippen LogP contribution in [0.4, 0.5) is 0 Å². The van der Waals surface area contributed by atoms with Crippen molar-refractivity contribution in [2.75, 3.05) is 13.7 Å². The number of amides is 1. The Balaban J connectivity index is 2.19. The van der Waals surface area contributed by atoms with Gasteiger partial charge in [0.05, 0.1) is 24.4 Å². The minimum Gasteiger partial charge on any atom is -0.481 e. The maximum Gasteiger partial charge on any atom is 0.305 e. The highest BCUT2D eigenvalue weighted by Crippen LogP contribution is 2.26. The van der Waals surface area contributed by atoms with E-state index in [9.17, 15) is 9.59 Å². The number of hydrogen-bond acceptors (Lipinski definition) is 4. The third kappa shape index (κ3) is 2.85. The highest BCUT2D eigenvalue weighted by molar-refractivity contribution is 5.95. The molecule has 0 saturated carbocycles. The molecular formula is C14H19NO5. The van der Waals surface area contributed by atoms with Crippen molar-refractivity contribution < 1.29 is 23.8 Å². The van der Waals surface area contributed by atoms with Crippen molar-refractivity contribution in [2.45, 2.75) is 38.3 Å². The Morgan fingerprint density at radius 2 is 2.30 bits per heavy atom. The van der Waals surface area contributed by atoms with Crippen LogP contribution in [0.1, 0.15) is 35.9 Å². The van der Waals surface area contributed by atoms with Gasteiger partial charge in [-0.05, 0) is 12.5 Å². The number of carboxylic acids is 1. The molecule has 1 aliphatic heterocycles. The lowest BCUT2D eigenvalue weighted by Crippen LogP contribution is -2.37. The molecular weight excluding hydrogens is 262 g/mol. The van der Waals surface area contributed by atoms with Crippen LogP contribution >= 0.6 is 0 Å². The Kier molecular flexibility index (Phi) is 4.44. The van der Waals surface area contributed by atoms with Crippen molar-refractivity contribution in [2.24, 2.45) is 0 Å². The lowest BCUT2D eigenvalue weighted by Gasteiger charge is -2.23. The minimum absolute atomic E-state index is 0.0646. The van der Waals surface area contributed by atoms with Crippen molar-refractivity contribution in [3.63, 3.8) is 0 Å². The Morgan fingerprint density at radius 1 is 1.55 bits per heavy atom. The van der Waals surface area contributed by atoms with E-state index in [0.717, 1.165) is 0 Å².